The van der Waals surface area contributed by atoms with Crippen LogP contribution in [0.15, 0.2) is 12.4 Å². The van der Waals surface area contributed by atoms with Gasteiger partial charge in [-0.1, -0.05) is 11.6 Å². The van der Waals surface area contributed by atoms with Crippen LogP contribution < -0.4 is 4.90 Å². The molecule has 0 spiro atoms. The van der Waals surface area contributed by atoms with E-state index in [-0.39, 0.29) is 0 Å². The number of halogens is 1. The van der Waals surface area contributed by atoms with Gasteiger partial charge in [0.2, 0.25) is 0 Å². The fraction of sp³-hybridized carbons (Fsp3) is 0.556. The Morgan fingerprint density at radius 1 is 1.57 bits per heavy atom. The van der Waals surface area contributed by atoms with Crippen molar-refractivity contribution in [3.05, 3.63) is 17.5 Å². The minimum atomic E-state index is 0.441. The summed E-state index contributed by atoms with van der Waals surface area (Å²) in [5.41, 5.74) is 0. The fourth-order valence-electron chi connectivity index (χ4n) is 1.10. The molecule has 0 aromatic carbocycles. The van der Waals surface area contributed by atoms with Crippen molar-refractivity contribution in [3.63, 3.8) is 0 Å². The van der Waals surface area contributed by atoms with Crippen LogP contribution in [0.5, 0.6) is 0 Å². The second kappa shape index (κ2) is 5.41. The van der Waals surface area contributed by atoms with Crippen LogP contribution in [0.3, 0.4) is 0 Å². The molecule has 0 aliphatic heterocycles. The highest BCUT2D eigenvalue weighted by Gasteiger charge is 2.10. The fourth-order valence-corrected chi connectivity index (χ4v) is 1.94. The third-order valence-electron chi connectivity index (χ3n) is 2.05. The second-order valence-corrected chi connectivity index (χ2v) is 4.41. The van der Waals surface area contributed by atoms with Crippen molar-refractivity contribution in [1.82, 2.24) is 9.97 Å². The lowest BCUT2D eigenvalue weighted by molar-refractivity contribution is 0.751. The number of thioether (sulfide) groups is 1. The van der Waals surface area contributed by atoms with Crippen molar-refractivity contribution in [2.75, 3.05) is 24.0 Å². The van der Waals surface area contributed by atoms with Gasteiger partial charge in [0, 0.05) is 24.9 Å². The Labute approximate surface area is 93.9 Å². The van der Waals surface area contributed by atoms with Crippen molar-refractivity contribution in [3.8, 4) is 0 Å². The van der Waals surface area contributed by atoms with E-state index in [0.29, 0.717) is 11.2 Å². The molecule has 0 radical (unpaired) electrons. The van der Waals surface area contributed by atoms with E-state index in [4.69, 9.17) is 11.6 Å². The van der Waals surface area contributed by atoms with Gasteiger partial charge in [0.15, 0.2) is 0 Å². The molecule has 0 N–H and O–H groups in total. The first-order valence-corrected chi connectivity index (χ1v) is 6.11. The van der Waals surface area contributed by atoms with E-state index in [1.807, 2.05) is 18.8 Å². The quantitative estimate of drug-likeness (QED) is 0.744. The van der Waals surface area contributed by atoms with Gasteiger partial charge in [-0.15, -0.1) is 0 Å². The van der Waals surface area contributed by atoms with Gasteiger partial charge in [-0.2, -0.15) is 11.8 Å². The molecular weight excluding hydrogens is 218 g/mol. The smallest absolute Gasteiger partial charge is 0.134 e. The van der Waals surface area contributed by atoms with E-state index in [1.165, 1.54) is 6.33 Å². The van der Waals surface area contributed by atoms with E-state index in [1.54, 1.807) is 6.07 Å². The van der Waals surface area contributed by atoms with Crippen LogP contribution in [0.4, 0.5) is 5.82 Å². The van der Waals surface area contributed by atoms with Crippen LogP contribution in [0.25, 0.3) is 0 Å². The summed E-state index contributed by atoms with van der Waals surface area (Å²) in [5.74, 6) is 1.93. The van der Waals surface area contributed by atoms with Gasteiger partial charge in [0.25, 0.3) is 0 Å². The molecule has 1 heterocycles. The Morgan fingerprint density at radius 3 is 2.86 bits per heavy atom. The molecule has 14 heavy (non-hydrogen) atoms. The van der Waals surface area contributed by atoms with E-state index in [0.717, 1.165) is 11.6 Å². The first-order chi connectivity index (χ1) is 6.65. The molecule has 0 bridgehead atoms. The molecule has 5 heteroatoms. The largest absolute Gasteiger partial charge is 0.356 e. The lowest BCUT2D eigenvalue weighted by Crippen LogP contribution is -2.31. The summed E-state index contributed by atoms with van der Waals surface area (Å²) in [6, 6.07) is 2.22. The first kappa shape index (κ1) is 11.6. The molecule has 3 nitrogen and oxygen atoms in total. The molecule has 0 aliphatic rings. The maximum Gasteiger partial charge on any atom is 0.134 e. The van der Waals surface area contributed by atoms with Crippen LogP contribution >= 0.6 is 23.4 Å². The van der Waals surface area contributed by atoms with E-state index >= 15 is 0 Å². The normalized spacial score (nSPS) is 12.6. The molecule has 78 valence electrons. The molecule has 0 saturated carbocycles. The highest BCUT2D eigenvalue weighted by Crippen LogP contribution is 2.16. The van der Waals surface area contributed by atoms with Crippen LogP contribution in [0.1, 0.15) is 6.92 Å². The minimum absolute atomic E-state index is 0.441. The zero-order valence-electron chi connectivity index (χ0n) is 8.57. The SMILES string of the molecule is CSCC(C)N(C)c1cc(Cl)ncn1. The number of hydrogen-bond donors (Lipinski definition) is 0. The third kappa shape index (κ3) is 3.03. The average molecular weight is 232 g/mol. The molecule has 1 aromatic rings. The van der Waals surface area contributed by atoms with Crippen molar-refractivity contribution in [2.45, 2.75) is 13.0 Å². The maximum absolute atomic E-state index is 5.79. The van der Waals surface area contributed by atoms with Crippen LogP contribution in [0, 0.1) is 0 Å². The molecule has 0 saturated heterocycles. The topological polar surface area (TPSA) is 29.0 Å². The summed E-state index contributed by atoms with van der Waals surface area (Å²) >= 11 is 7.61. The number of hydrogen-bond acceptors (Lipinski definition) is 4. The zero-order chi connectivity index (χ0) is 10.6. The summed E-state index contributed by atoms with van der Waals surface area (Å²) < 4.78 is 0. The molecule has 0 aliphatic carbocycles. The van der Waals surface area contributed by atoms with E-state index < -0.39 is 0 Å². The third-order valence-corrected chi connectivity index (χ3v) is 3.07. The van der Waals surface area contributed by atoms with E-state index in [2.05, 4.69) is 28.0 Å². The molecule has 1 atom stereocenters. The van der Waals surface area contributed by atoms with Crippen LogP contribution in [-0.4, -0.2) is 35.1 Å². The molecular formula is C9H14ClN3S. The predicted octanol–water partition coefficient (Wildman–Crippen LogP) is 2.32. The Hall–Kier alpha value is -0.480. The highest BCUT2D eigenvalue weighted by molar-refractivity contribution is 7.98. The lowest BCUT2D eigenvalue weighted by atomic mass is 10.3. The summed E-state index contributed by atoms with van der Waals surface area (Å²) in [6.07, 6.45) is 3.58. The summed E-state index contributed by atoms with van der Waals surface area (Å²) in [7, 11) is 2.01. The van der Waals surface area contributed by atoms with Crippen molar-refractivity contribution < 1.29 is 0 Å². The Balaban J connectivity index is 2.73. The van der Waals surface area contributed by atoms with Crippen molar-refractivity contribution in [1.29, 1.82) is 0 Å². The van der Waals surface area contributed by atoms with Gasteiger partial charge in [0.05, 0.1) is 0 Å². The molecule has 1 rings (SSSR count). The Kier molecular flexibility index (Phi) is 4.48. The maximum atomic E-state index is 5.79. The van der Waals surface area contributed by atoms with Gasteiger partial charge in [0.1, 0.15) is 17.3 Å². The molecule has 1 aromatic heterocycles. The number of aromatic nitrogens is 2. The number of nitrogens with zero attached hydrogens (tertiary/aromatic N) is 3. The Morgan fingerprint density at radius 2 is 2.29 bits per heavy atom. The van der Waals surface area contributed by atoms with Gasteiger partial charge < -0.3 is 4.90 Å². The average Bonchev–Trinajstić information content (AvgIpc) is 2.17. The first-order valence-electron chi connectivity index (χ1n) is 4.34. The summed E-state index contributed by atoms with van der Waals surface area (Å²) in [6.45, 7) is 2.16. The monoisotopic (exact) mass is 231 g/mol. The standard InChI is InChI=1S/C9H14ClN3S/c1-7(5-14-3)13(2)9-4-8(10)11-6-12-9/h4,6-7H,5H2,1-3H3. The lowest BCUT2D eigenvalue weighted by Gasteiger charge is -2.25. The second-order valence-electron chi connectivity index (χ2n) is 3.11. The van der Waals surface area contributed by atoms with Gasteiger partial charge in [-0.3, -0.25) is 0 Å². The van der Waals surface area contributed by atoms with Gasteiger partial charge in [-0.05, 0) is 13.2 Å². The Bertz CT molecular complexity index is 295. The summed E-state index contributed by atoms with van der Waals surface area (Å²) in [4.78, 5) is 10.1. The zero-order valence-corrected chi connectivity index (χ0v) is 10.1. The summed E-state index contributed by atoms with van der Waals surface area (Å²) in [5, 5.41) is 0.484. The van der Waals surface area contributed by atoms with Gasteiger partial charge >= 0.3 is 0 Å². The molecule has 0 fully saturated rings. The van der Waals surface area contributed by atoms with Crippen molar-refractivity contribution >= 4 is 29.2 Å². The predicted molar refractivity (Wildman–Crippen MR) is 63.3 cm³/mol. The molecule has 1 unspecified atom stereocenters. The number of anilines is 1. The van der Waals surface area contributed by atoms with Crippen molar-refractivity contribution in [2.24, 2.45) is 0 Å². The molecule has 0 amide bonds. The van der Waals surface area contributed by atoms with Crippen LogP contribution in [0.2, 0.25) is 5.15 Å². The highest BCUT2D eigenvalue weighted by atomic mass is 35.5. The van der Waals surface area contributed by atoms with E-state index in [9.17, 15) is 0 Å². The van der Waals surface area contributed by atoms with Gasteiger partial charge in [-0.25, -0.2) is 9.97 Å². The number of rotatable bonds is 4. The minimum Gasteiger partial charge on any atom is -0.356 e. The van der Waals surface area contributed by atoms with Crippen LogP contribution in [-0.2, 0) is 0 Å².